The highest BCUT2D eigenvalue weighted by atomic mass is 35.5. The Morgan fingerprint density at radius 1 is 1.12 bits per heavy atom. The second kappa shape index (κ2) is 6.25. The van der Waals surface area contributed by atoms with Crippen LogP contribution < -0.4 is 5.32 Å². The van der Waals surface area contributed by atoms with Gasteiger partial charge in [0.1, 0.15) is 0 Å². The average molecular weight is 339 g/mol. The Morgan fingerprint density at radius 3 is 2.62 bits per heavy atom. The molecule has 2 aromatic carbocycles. The summed E-state index contributed by atoms with van der Waals surface area (Å²) >= 11 is 6.34. The predicted octanol–water partition coefficient (Wildman–Crippen LogP) is 5.44. The molecular formula is C20H19ClN2O. The molecule has 1 aromatic heterocycles. The van der Waals surface area contributed by atoms with Crippen molar-refractivity contribution < 1.29 is 4.79 Å². The molecule has 0 bridgehead atoms. The van der Waals surface area contributed by atoms with Crippen molar-refractivity contribution in [3.8, 4) is 0 Å². The number of anilines is 1. The van der Waals surface area contributed by atoms with Gasteiger partial charge >= 0.3 is 0 Å². The normalized spacial score (nSPS) is 11.5. The molecule has 4 heteroatoms. The number of benzene rings is 2. The number of pyridine rings is 1. The number of carbonyl (C=O) groups is 1. The molecule has 3 aromatic rings. The Bertz CT molecular complexity index is 908. The predicted molar refractivity (Wildman–Crippen MR) is 99.8 cm³/mol. The average Bonchev–Trinajstić information content (AvgIpc) is 2.54. The summed E-state index contributed by atoms with van der Waals surface area (Å²) in [6, 6.07) is 13.2. The van der Waals surface area contributed by atoms with Gasteiger partial charge in [-0.15, -0.1) is 0 Å². The van der Waals surface area contributed by atoms with Gasteiger partial charge < -0.3 is 5.32 Å². The van der Waals surface area contributed by atoms with E-state index in [-0.39, 0.29) is 11.3 Å². The maximum atomic E-state index is 12.6. The second-order valence-corrected chi connectivity index (χ2v) is 7.21. The third-order valence-corrected chi connectivity index (χ3v) is 4.32. The molecule has 3 rings (SSSR count). The standard InChI is InChI=1S/C20H19ClN2O/c1-20(2,3)14-7-8-16(17(21)11-14)19(24)23-18-6-4-5-13-12-22-10-9-15(13)18/h4-12H,1-3H3,(H,23,24). The van der Waals surface area contributed by atoms with E-state index in [4.69, 9.17) is 11.6 Å². The van der Waals surface area contributed by atoms with Crippen molar-refractivity contribution >= 4 is 34.0 Å². The zero-order chi connectivity index (χ0) is 17.3. The first kappa shape index (κ1) is 16.5. The number of fused-ring (bicyclic) bond motifs is 1. The number of nitrogens with zero attached hydrogens (tertiary/aromatic N) is 1. The van der Waals surface area contributed by atoms with Gasteiger partial charge in [-0.3, -0.25) is 9.78 Å². The molecule has 122 valence electrons. The van der Waals surface area contributed by atoms with Crippen LogP contribution in [0.25, 0.3) is 10.8 Å². The minimum Gasteiger partial charge on any atom is -0.321 e. The van der Waals surface area contributed by atoms with Crippen LogP contribution in [0.4, 0.5) is 5.69 Å². The van der Waals surface area contributed by atoms with Gasteiger partial charge in [-0.25, -0.2) is 0 Å². The van der Waals surface area contributed by atoms with Gasteiger partial charge in [-0.05, 0) is 35.2 Å². The van der Waals surface area contributed by atoms with Crippen LogP contribution in [0.2, 0.25) is 5.02 Å². The van der Waals surface area contributed by atoms with Crippen LogP contribution in [0, 0.1) is 0 Å². The molecule has 0 saturated heterocycles. The summed E-state index contributed by atoms with van der Waals surface area (Å²) < 4.78 is 0. The number of halogens is 1. The van der Waals surface area contributed by atoms with Gasteiger partial charge in [0.25, 0.3) is 5.91 Å². The Kier molecular flexibility index (Phi) is 4.29. The molecule has 0 aliphatic rings. The number of hydrogen-bond donors (Lipinski definition) is 1. The number of carbonyl (C=O) groups excluding carboxylic acids is 1. The molecule has 0 saturated carbocycles. The van der Waals surface area contributed by atoms with Gasteiger partial charge in [-0.2, -0.15) is 0 Å². The fourth-order valence-electron chi connectivity index (χ4n) is 2.59. The van der Waals surface area contributed by atoms with Gasteiger partial charge in [0.15, 0.2) is 0 Å². The monoisotopic (exact) mass is 338 g/mol. The lowest BCUT2D eigenvalue weighted by molar-refractivity contribution is 0.102. The quantitative estimate of drug-likeness (QED) is 0.676. The highest BCUT2D eigenvalue weighted by molar-refractivity contribution is 6.34. The smallest absolute Gasteiger partial charge is 0.257 e. The Balaban J connectivity index is 1.92. The molecule has 1 heterocycles. The van der Waals surface area contributed by atoms with Crippen molar-refractivity contribution in [3.05, 3.63) is 71.0 Å². The molecule has 0 aliphatic heterocycles. The minimum atomic E-state index is -0.218. The highest BCUT2D eigenvalue weighted by Gasteiger charge is 2.18. The first-order valence-electron chi connectivity index (χ1n) is 7.80. The third-order valence-electron chi connectivity index (χ3n) is 4.01. The maximum Gasteiger partial charge on any atom is 0.257 e. The Hall–Kier alpha value is -2.39. The summed E-state index contributed by atoms with van der Waals surface area (Å²) in [4.78, 5) is 16.7. The van der Waals surface area contributed by atoms with E-state index in [1.54, 1.807) is 18.5 Å². The van der Waals surface area contributed by atoms with Crippen molar-refractivity contribution in [2.75, 3.05) is 5.32 Å². The summed E-state index contributed by atoms with van der Waals surface area (Å²) in [7, 11) is 0. The third kappa shape index (κ3) is 3.26. The lowest BCUT2D eigenvalue weighted by atomic mass is 9.86. The lowest BCUT2D eigenvalue weighted by Crippen LogP contribution is -2.15. The maximum absolute atomic E-state index is 12.6. The topological polar surface area (TPSA) is 42.0 Å². The van der Waals surface area contributed by atoms with E-state index in [1.807, 2.05) is 36.4 Å². The molecule has 1 N–H and O–H groups in total. The van der Waals surface area contributed by atoms with Crippen molar-refractivity contribution in [2.24, 2.45) is 0 Å². The number of hydrogen-bond acceptors (Lipinski definition) is 2. The van der Waals surface area contributed by atoms with E-state index < -0.39 is 0 Å². The number of nitrogens with one attached hydrogen (secondary N) is 1. The molecule has 0 radical (unpaired) electrons. The summed E-state index contributed by atoms with van der Waals surface area (Å²) in [5.41, 5.74) is 2.30. The molecular weight excluding hydrogens is 320 g/mol. The van der Waals surface area contributed by atoms with Crippen molar-refractivity contribution in [1.82, 2.24) is 4.98 Å². The van der Waals surface area contributed by atoms with Crippen molar-refractivity contribution in [1.29, 1.82) is 0 Å². The van der Waals surface area contributed by atoms with Crippen LogP contribution in [-0.4, -0.2) is 10.9 Å². The van der Waals surface area contributed by atoms with E-state index in [2.05, 4.69) is 31.1 Å². The molecule has 0 fully saturated rings. The van der Waals surface area contributed by atoms with E-state index in [0.717, 1.165) is 22.0 Å². The number of rotatable bonds is 2. The zero-order valence-electron chi connectivity index (χ0n) is 13.9. The molecule has 0 spiro atoms. The SMILES string of the molecule is CC(C)(C)c1ccc(C(=O)Nc2cccc3cnccc23)c(Cl)c1. The zero-order valence-corrected chi connectivity index (χ0v) is 14.7. The summed E-state index contributed by atoms with van der Waals surface area (Å²) in [6.07, 6.45) is 3.49. The highest BCUT2D eigenvalue weighted by Crippen LogP contribution is 2.28. The van der Waals surface area contributed by atoms with Crippen LogP contribution in [-0.2, 0) is 5.41 Å². The molecule has 0 unspecified atom stereocenters. The van der Waals surface area contributed by atoms with Crippen LogP contribution in [0.15, 0.2) is 54.9 Å². The van der Waals surface area contributed by atoms with Crippen molar-refractivity contribution in [3.63, 3.8) is 0 Å². The van der Waals surface area contributed by atoms with Gasteiger partial charge in [0, 0.05) is 28.9 Å². The summed E-state index contributed by atoms with van der Waals surface area (Å²) in [5, 5.41) is 5.33. The number of amides is 1. The van der Waals surface area contributed by atoms with Crippen LogP contribution in [0.1, 0.15) is 36.7 Å². The van der Waals surface area contributed by atoms with Crippen LogP contribution in [0.5, 0.6) is 0 Å². The van der Waals surface area contributed by atoms with Gasteiger partial charge in [0.05, 0.1) is 10.6 Å². The lowest BCUT2D eigenvalue weighted by Gasteiger charge is -2.20. The van der Waals surface area contributed by atoms with Gasteiger partial charge in [-0.1, -0.05) is 50.6 Å². The fourth-order valence-corrected chi connectivity index (χ4v) is 2.85. The first-order chi connectivity index (χ1) is 11.4. The largest absolute Gasteiger partial charge is 0.321 e. The molecule has 0 aliphatic carbocycles. The van der Waals surface area contributed by atoms with Crippen molar-refractivity contribution in [2.45, 2.75) is 26.2 Å². The van der Waals surface area contributed by atoms with Crippen LogP contribution in [0.3, 0.4) is 0 Å². The molecule has 1 amide bonds. The van der Waals surface area contributed by atoms with E-state index in [1.165, 1.54) is 0 Å². The second-order valence-electron chi connectivity index (χ2n) is 6.80. The molecule has 3 nitrogen and oxygen atoms in total. The fraction of sp³-hybridized carbons (Fsp3) is 0.200. The Morgan fingerprint density at radius 2 is 1.92 bits per heavy atom. The first-order valence-corrected chi connectivity index (χ1v) is 8.18. The molecule has 24 heavy (non-hydrogen) atoms. The minimum absolute atomic E-state index is 0.0126. The van der Waals surface area contributed by atoms with Crippen LogP contribution >= 0.6 is 11.6 Å². The Labute approximate surface area is 146 Å². The molecule has 0 atom stereocenters. The van der Waals surface area contributed by atoms with E-state index in [0.29, 0.717) is 10.6 Å². The van der Waals surface area contributed by atoms with E-state index in [9.17, 15) is 4.79 Å². The summed E-state index contributed by atoms with van der Waals surface area (Å²) in [6.45, 7) is 6.34. The number of aromatic nitrogens is 1. The van der Waals surface area contributed by atoms with E-state index >= 15 is 0 Å². The summed E-state index contributed by atoms with van der Waals surface area (Å²) in [5.74, 6) is -0.218. The van der Waals surface area contributed by atoms with Gasteiger partial charge in [0.2, 0.25) is 0 Å².